The van der Waals surface area contributed by atoms with Crippen LogP contribution in [0.15, 0.2) is 48.5 Å². The van der Waals surface area contributed by atoms with Gasteiger partial charge in [0, 0.05) is 6.04 Å². The van der Waals surface area contributed by atoms with E-state index in [1.165, 1.54) is 12.8 Å². The summed E-state index contributed by atoms with van der Waals surface area (Å²) in [6.45, 7) is 2.17. The van der Waals surface area contributed by atoms with Crippen molar-refractivity contribution in [1.29, 1.82) is 0 Å². The highest BCUT2D eigenvalue weighted by Crippen LogP contribution is 2.18. The third kappa shape index (κ3) is 5.29. The summed E-state index contributed by atoms with van der Waals surface area (Å²) in [6, 6.07) is 15.1. The molecule has 1 aliphatic rings. The minimum absolute atomic E-state index is 0.184. The van der Waals surface area contributed by atoms with Crippen molar-refractivity contribution in [2.45, 2.75) is 64.1 Å². The van der Waals surface area contributed by atoms with Gasteiger partial charge in [-0.3, -0.25) is 4.79 Å². The van der Waals surface area contributed by atoms with Crippen molar-refractivity contribution in [3.05, 3.63) is 59.7 Å². The Kier molecular flexibility index (Phi) is 6.60. The number of benzene rings is 2. The fourth-order valence-electron chi connectivity index (χ4n) is 3.98. The van der Waals surface area contributed by atoms with E-state index in [-0.39, 0.29) is 11.9 Å². The molecule has 0 spiro atoms. The molecule has 7 nitrogen and oxygen atoms in total. The maximum Gasteiger partial charge on any atom is 0.338 e. The number of hydrogen-bond acceptors (Lipinski definition) is 5. The van der Waals surface area contributed by atoms with Crippen LogP contribution in [0.25, 0.3) is 11.0 Å². The van der Waals surface area contributed by atoms with Crippen LogP contribution >= 0.6 is 0 Å². The summed E-state index contributed by atoms with van der Waals surface area (Å²) < 4.78 is 7.22. The zero-order chi connectivity index (χ0) is 21.6. The van der Waals surface area contributed by atoms with Gasteiger partial charge in [0.25, 0.3) is 5.91 Å². The van der Waals surface area contributed by atoms with Crippen molar-refractivity contribution in [1.82, 2.24) is 20.3 Å². The summed E-state index contributed by atoms with van der Waals surface area (Å²) in [7, 11) is 0. The average molecular weight is 421 g/mol. The lowest BCUT2D eigenvalue weighted by atomic mass is 10.1. The highest BCUT2D eigenvalue weighted by Gasteiger charge is 2.22. The van der Waals surface area contributed by atoms with Gasteiger partial charge in [0.2, 0.25) is 0 Å². The van der Waals surface area contributed by atoms with Crippen LogP contribution in [0.1, 0.15) is 61.4 Å². The number of aromatic nitrogens is 3. The fraction of sp³-hybridized carbons (Fsp3) is 0.417. The Labute approximate surface area is 181 Å². The van der Waals surface area contributed by atoms with Gasteiger partial charge in [-0.1, -0.05) is 55.2 Å². The van der Waals surface area contributed by atoms with Gasteiger partial charge < -0.3 is 10.1 Å². The summed E-state index contributed by atoms with van der Waals surface area (Å²) in [6.07, 6.45) is 5.88. The van der Waals surface area contributed by atoms with Crippen molar-refractivity contribution in [2.75, 3.05) is 0 Å². The third-order valence-electron chi connectivity index (χ3n) is 5.80. The Balaban J connectivity index is 1.32. The minimum atomic E-state index is -0.822. The number of carbonyl (C=O) groups excluding carboxylic acids is 2. The van der Waals surface area contributed by atoms with E-state index in [4.69, 9.17) is 4.74 Å². The molecule has 2 aromatic carbocycles. The van der Waals surface area contributed by atoms with E-state index < -0.39 is 12.1 Å². The molecule has 4 rings (SSSR count). The summed E-state index contributed by atoms with van der Waals surface area (Å²) in [5, 5.41) is 11.4. The Morgan fingerprint density at radius 1 is 1.06 bits per heavy atom. The van der Waals surface area contributed by atoms with Gasteiger partial charge in [-0.05, 0) is 49.6 Å². The predicted octanol–water partition coefficient (Wildman–Crippen LogP) is 3.86. The zero-order valence-corrected chi connectivity index (χ0v) is 17.8. The lowest BCUT2D eigenvalue weighted by Gasteiger charge is -2.19. The van der Waals surface area contributed by atoms with E-state index in [0.717, 1.165) is 42.3 Å². The first-order valence-corrected chi connectivity index (χ1v) is 11.0. The van der Waals surface area contributed by atoms with Crippen molar-refractivity contribution in [3.8, 4) is 0 Å². The zero-order valence-electron chi connectivity index (χ0n) is 17.8. The number of rotatable bonds is 6. The van der Waals surface area contributed by atoms with Crippen LogP contribution in [-0.2, 0) is 16.1 Å². The van der Waals surface area contributed by atoms with Crippen molar-refractivity contribution in [2.24, 2.45) is 0 Å². The predicted molar refractivity (Wildman–Crippen MR) is 118 cm³/mol. The van der Waals surface area contributed by atoms with E-state index in [1.807, 2.05) is 41.1 Å². The highest BCUT2D eigenvalue weighted by atomic mass is 16.5. The van der Waals surface area contributed by atoms with Gasteiger partial charge in [0.1, 0.15) is 5.52 Å². The number of carbonyl (C=O) groups is 2. The number of amides is 1. The Hall–Kier alpha value is -3.22. The maximum absolute atomic E-state index is 12.5. The molecule has 0 bridgehead atoms. The molecule has 1 aliphatic carbocycles. The molecule has 0 aliphatic heterocycles. The smallest absolute Gasteiger partial charge is 0.338 e. The average Bonchev–Trinajstić information content (AvgIpc) is 3.00. The van der Waals surface area contributed by atoms with Crippen LogP contribution in [0.2, 0.25) is 0 Å². The molecule has 1 fully saturated rings. The fourth-order valence-corrected chi connectivity index (χ4v) is 3.98. The third-order valence-corrected chi connectivity index (χ3v) is 5.80. The number of hydrogen-bond donors (Lipinski definition) is 1. The molecule has 31 heavy (non-hydrogen) atoms. The summed E-state index contributed by atoms with van der Waals surface area (Å²) in [4.78, 5) is 24.9. The molecule has 0 unspecified atom stereocenters. The molecule has 7 heteroatoms. The van der Waals surface area contributed by atoms with Crippen LogP contribution < -0.4 is 5.32 Å². The van der Waals surface area contributed by atoms with Gasteiger partial charge in [0.05, 0.1) is 17.6 Å². The van der Waals surface area contributed by atoms with Crippen molar-refractivity contribution < 1.29 is 14.3 Å². The van der Waals surface area contributed by atoms with Gasteiger partial charge >= 0.3 is 5.97 Å². The van der Waals surface area contributed by atoms with Crippen LogP contribution in [0.3, 0.4) is 0 Å². The summed E-state index contributed by atoms with van der Waals surface area (Å²) in [5.41, 5.74) is 3.21. The van der Waals surface area contributed by atoms with E-state index in [1.54, 1.807) is 19.1 Å². The maximum atomic E-state index is 12.5. The van der Waals surface area contributed by atoms with Crippen LogP contribution in [-0.4, -0.2) is 39.0 Å². The Morgan fingerprint density at radius 3 is 2.52 bits per heavy atom. The standard InChI is InChI=1S/C24H28N4O3/c1-17(23(29)25-20-8-4-2-3-5-9-20)31-24(30)19-14-12-18(13-15-19)16-28-22-11-7-6-10-21(22)26-27-28/h6-7,10-15,17,20H,2-5,8-9,16H2,1H3,(H,25,29)/t17-/m0/s1. The van der Waals surface area contributed by atoms with E-state index in [2.05, 4.69) is 15.6 Å². The van der Waals surface area contributed by atoms with Crippen LogP contribution in [0, 0.1) is 0 Å². The van der Waals surface area contributed by atoms with Crippen molar-refractivity contribution in [3.63, 3.8) is 0 Å². The molecular formula is C24H28N4O3. The molecule has 1 amide bonds. The number of ether oxygens (including phenoxy) is 1. The minimum Gasteiger partial charge on any atom is -0.449 e. The van der Waals surface area contributed by atoms with Gasteiger partial charge in [-0.25, -0.2) is 9.48 Å². The highest BCUT2D eigenvalue weighted by molar-refractivity contribution is 5.92. The largest absolute Gasteiger partial charge is 0.449 e. The number of esters is 1. The Bertz CT molecular complexity index is 1040. The lowest BCUT2D eigenvalue weighted by molar-refractivity contribution is -0.129. The SMILES string of the molecule is C[C@H](OC(=O)c1ccc(Cn2nnc3ccccc32)cc1)C(=O)NC1CCCCCC1. The summed E-state index contributed by atoms with van der Waals surface area (Å²) in [5.74, 6) is -0.726. The lowest BCUT2D eigenvalue weighted by Crippen LogP contribution is -2.41. The van der Waals surface area contributed by atoms with Crippen LogP contribution in [0.4, 0.5) is 0 Å². The number of para-hydroxylation sites is 1. The van der Waals surface area contributed by atoms with Gasteiger partial charge in [-0.15, -0.1) is 5.10 Å². The van der Waals surface area contributed by atoms with E-state index in [0.29, 0.717) is 12.1 Å². The molecule has 1 heterocycles. The second-order valence-corrected chi connectivity index (χ2v) is 8.18. The number of nitrogens with one attached hydrogen (secondary N) is 1. The second kappa shape index (κ2) is 9.73. The van der Waals surface area contributed by atoms with E-state index in [9.17, 15) is 9.59 Å². The number of nitrogens with zero attached hydrogens (tertiary/aromatic N) is 3. The molecule has 162 valence electrons. The molecule has 1 aromatic heterocycles. The summed E-state index contributed by atoms with van der Waals surface area (Å²) >= 11 is 0. The van der Waals surface area contributed by atoms with Crippen molar-refractivity contribution >= 4 is 22.9 Å². The molecule has 0 radical (unpaired) electrons. The molecule has 1 saturated carbocycles. The van der Waals surface area contributed by atoms with Gasteiger partial charge in [0.15, 0.2) is 6.10 Å². The van der Waals surface area contributed by atoms with Crippen LogP contribution in [0.5, 0.6) is 0 Å². The molecule has 3 aromatic rings. The first kappa shape index (κ1) is 21.0. The number of fused-ring (bicyclic) bond motifs is 1. The quantitative estimate of drug-likeness (QED) is 0.483. The molecule has 0 saturated heterocycles. The van der Waals surface area contributed by atoms with Gasteiger partial charge in [-0.2, -0.15) is 0 Å². The first-order valence-electron chi connectivity index (χ1n) is 11.0. The molecule has 1 atom stereocenters. The Morgan fingerprint density at radius 2 is 1.77 bits per heavy atom. The molecular weight excluding hydrogens is 392 g/mol. The normalized spacial score (nSPS) is 15.9. The second-order valence-electron chi connectivity index (χ2n) is 8.18. The first-order chi connectivity index (χ1) is 15.1. The van der Waals surface area contributed by atoms with E-state index >= 15 is 0 Å². The monoisotopic (exact) mass is 420 g/mol. The molecule has 1 N–H and O–H groups in total. The topological polar surface area (TPSA) is 86.1 Å².